The minimum absolute atomic E-state index is 0.00342. The largest absolute Gasteiger partial charge is 0.497 e. The van der Waals surface area contributed by atoms with Gasteiger partial charge in [-0.15, -0.1) is 0 Å². The highest BCUT2D eigenvalue weighted by molar-refractivity contribution is 5.80. The number of hydrogen-bond acceptors (Lipinski definition) is 5. The van der Waals surface area contributed by atoms with Gasteiger partial charge in [-0.3, -0.25) is 4.99 Å². The lowest BCUT2D eigenvalue weighted by atomic mass is 10.1. The van der Waals surface area contributed by atoms with Gasteiger partial charge in [0.25, 0.3) is 0 Å². The molecule has 1 aromatic heterocycles. The van der Waals surface area contributed by atoms with Crippen LogP contribution in [0.15, 0.2) is 57.9 Å². The number of nitrogens with zero attached hydrogens (tertiary/aromatic N) is 1. The Morgan fingerprint density at radius 1 is 1.04 bits per heavy atom. The maximum atomic E-state index is 9.13. The highest BCUT2D eigenvalue weighted by Crippen LogP contribution is 2.26. The van der Waals surface area contributed by atoms with Crippen LogP contribution >= 0.6 is 0 Å². The van der Waals surface area contributed by atoms with Gasteiger partial charge in [-0.05, 0) is 49.4 Å². The first-order valence-electron chi connectivity index (χ1n) is 8.21. The van der Waals surface area contributed by atoms with Crippen LogP contribution in [0.4, 0.5) is 0 Å². The molecule has 0 saturated heterocycles. The minimum Gasteiger partial charge on any atom is -0.497 e. The van der Waals surface area contributed by atoms with E-state index in [9.17, 15) is 0 Å². The number of ether oxygens (including phenoxy) is 2. The molecule has 0 aliphatic carbocycles. The predicted molar refractivity (Wildman–Crippen MR) is 96.9 cm³/mol. The van der Waals surface area contributed by atoms with Crippen molar-refractivity contribution in [2.45, 2.75) is 6.92 Å². The molecular weight excluding hydrogens is 318 g/mol. The highest BCUT2D eigenvalue weighted by Gasteiger charge is 2.08. The summed E-state index contributed by atoms with van der Waals surface area (Å²) in [4.78, 5) is 4.48. The normalized spacial score (nSPS) is 11.7. The Balaban J connectivity index is 2.15. The fraction of sp³-hybridized carbons (Fsp3) is 0.250. The summed E-state index contributed by atoms with van der Waals surface area (Å²) >= 11 is 0. The van der Waals surface area contributed by atoms with Crippen LogP contribution in [0, 0.1) is 0 Å². The van der Waals surface area contributed by atoms with Gasteiger partial charge < -0.3 is 19.0 Å². The average molecular weight is 339 g/mol. The summed E-state index contributed by atoms with van der Waals surface area (Å²) in [6.07, 6.45) is 0. The van der Waals surface area contributed by atoms with E-state index in [0.29, 0.717) is 24.5 Å². The topological polar surface area (TPSA) is 64.2 Å². The van der Waals surface area contributed by atoms with Crippen molar-refractivity contribution < 1.29 is 19.0 Å². The first kappa shape index (κ1) is 17.0. The van der Waals surface area contributed by atoms with Crippen molar-refractivity contribution in [3.8, 4) is 22.8 Å². The molecule has 3 aromatic rings. The SMILES string of the molecule is CCOc1ccc2oc(-c3ccc(OC)cc3)cc(=NCCO)c2c1. The summed E-state index contributed by atoms with van der Waals surface area (Å²) in [5, 5.41) is 10.8. The van der Waals surface area contributed by atoms with Crippen molar-refractivity contribution in [1.82, 2.24) is 0 Å². The quantitative estimate of drug-likeness (QED) is 0.747. The van der Waals surface area contributed by atoms with Gasteiger partial charge in [0.05, 0.1) is 32.2 Å². The molecule has 0 saturated carbocycles. The molecule has 5 heteroatoms. The molecule has 0 spiro atoms. The van der Waals surface area contributed by atoms with E-state index in [1.807, 2.05) is 55.5 Å². The molecule has 2 aromatic carbocycles. The molecule has 0 unspecified atom stereocenters. The lowest BCUT2D eigenvalue weighted by molar-refractivity contribution is 0.306. The summed E-state index contributed by atoms with van der Waals surface area (Å²) in [6, 6.07) is 15.2. The van der Waals surface area contributed by atoms with Crippen molar-refractivity contribution in [3.05, 3.63) is 53.9 Å². The van der Waals surface area contributed by atoms with Crippen molar-refractivity contribution in [3.63, 3.8) is 0 Å². The van der Waals surface area contributed by atoms with Crippen LogP contribution in [0.2, 0.25) is 0 Å². The molecule has 0 fully saturated rings. The fourth-order valence-corrected chi connectivity index (χ4v) is 2.60. The van der Waals surface area contributed by atoms with Gasteiger partial charge in [0.15, 0.2) is 0 Å². The first-order chi connectivity index (χ1) is 12.2. The Hall–Kier alpha value is -2.79. The smallest absolute Gasteiger partial charge is 0.137 e. The number of methoxy groups -OCH3 is 1. The predicted octanol–water partition coefficient (Wildman–Crippen LogP) is 3.40. The second kappa shape index (κ2) is 7.85. The molecule has 0 aliphatic heterocycles. The third-order valence-electron chi connectivity index (χ3n) is 3.78. The summed E-state index contributed by atoms with van der Waals surface area (Å²) < 4.78 is 16.8. The van der Waals surface area contributed by atoms with Gasteiger partial charge in [0.1, 0.15) is 22.8 Å². The number of aliphatic hydroxyl groups is 1. The molecule has 1 N–H and O–H groups in total. The number of fused-ring (bicyclic) bond motifs is 1. The Morgan fingerprint density at radius 3 is 2.48 bits per heavy atom. The molecule has 0 amide bonds. The fourth-order valence-electron chi connectivity index (χ4n) is 2.60. The molecular formula is C20H21NO4. The van der Waals surface area contributed by atoms with Crippen LogP contribution in [0.5, 0.6) is 11.5 Å². The maximum Gasteiger partial charge on any atom is 0.137 e. The van der Waals surface area contributed by atoms with Crippen molar-refractivity contribution in [1.29, 1.82) is 0 Å². The summed E-state index contributed by atoms with van der Waals surface area (Å²) in [6.45, 7) is 2.87. The van der Waals surface area contributed by atoms with Crippen LogP contribution in [0.3, 0.4) is 0 Å². The van der Waals surface area contributed by atoms with Crippen molar-refractivity contribution >= 4 is 11.0 Å². The number of hydrogen-bond donors (Lipinski definition) is 1. The summed E-state index contributed by atoms with van der Waals surface area (Å²) in [5.41, 5.74) is 1.64. The first-order valence-corrected chi connectivity index (χ1v) is 8.21. The molecule has 0 atom stereocenters. The molecule has 130 valence electrons. The van der Waals surface area contributed by atoms with Crippen LogP contribution in [0.25, 0.3) is 22.3 Å². The minimum atomic E-state index is -0.00342. The molecule has 3 rings (SSSR count). The second-order valence-corrected chi connectivity index (χ2v) is 5.42. The van der Waals surface area contributed by atoms with E-state index < -0.39 is 0 Å². The van der Waals surface area contributed by atoms with Gasteiger partial charge in [0, 0.05) is 17.0 Å². The third kappa shape index (κ3) is 3.83. The van der Waals surface area contributed by atoms with Crippen LogP contribution in [-0.4, -0.2) is 32.0 Å². The van der Waals surface area contributed by atoms with Crippen LogP contribution < -0.4 is 14.8 Å². The Kier molecular flexibility index (Phi) is 5.36. The zero-order chi connectivity index (χ0) is 17.6. The van der Waals surface area contributed by atoms with E-state index in [0.717, 1.165) is 27.8 Å². The van der Waals surface area contributed by atoms with Crippen LogP contribution in [-0.2, 0) is 0 Å². The van der Waals surface area contributed by atoms with Crippen molar-refractivity contribution in [2.24, 2.45) is 4.99 Å². The van der Waals surface area contributed by atoms with Gasteiger partial charge >= 0.3 is 0 Å². The van der Waals surface area contributed by atoms with Gasteiger partial charge in [-0.1, -0.05) is 0 Å². The van der Waals surface area contributed by atoms with Gasteiger partial charge in [-0.2, -0.15) is 0 Å². The Bertz CT molecular complexity index is 913. The standard InChI is InChI=1S/C20H21NO4/c1-3-24-16-8-9-19-17(12-16)18(21-10-11-22)13-20(25-19)14-4-6-15(23-2)7-5-14/h4-9,12-13,22H,3,10-11H2,1-2H3. The Morgan fingerprint density at radius 2 is 1.80 bits per heavy atom. The van der Waals surface area contributed by atoms with E-state index in [4.69, 9.17) is 19.0 Å². The zero-order valence-electron chi connectivity index (χ0n) is 14.4. The van der Waals surface area contributed by atoms with Gasteiger partial charge in [-0.25, -0.2) is 0 Å². The highest BCUT2D eigenvalue weighted by atomic mass is 16.5. The lowest BCUT2D eigenvalue weighted by Crippen LogP contribution is -2.07. The molecule has 1 heterocycles. The van der Waals surface area contributed by atoms with Gasteiger partial charge in [0.2, 0.25) is 0 Å². The van der Waals surface area contributed by atoms with E-state index in [-0.39, 0.29) is 6.61 Å². The Labute approximate surface area is 146 Å². The number of aliphatic hydroxyl groups excluding tert-OH is 1. The zero-order valence-corrected chi connectivity index (χ0v) is 14.4. The summed E-state index contributed by atoms with van der Waals surface area (Å²) in [7, 11) is 1.64. The molecule has 0 radical (unpaired) electrons. The monoisotopic (exact) mass is 339 g/mol. The van der Waals surface area contributed by atoms with E-state index in [2.05, 4.69) is 4.99 Å². The molecule has 0 aliphatic rings. The number of benzene rings is 2. The lowest BCUT2D eigenvalue weighted by Gasteiger charge is -2.08. The van der Waals surface area contributed by atoms with Crippen LogP contribution in [0.1, 0.15) is 6.92 Å². The molecule has 0 bridgehead atoms. The maximum absolute atomic E-state index is 9.13. The molecule has 25 heavy (non-hydrogen) atoms. The number of rotatable bonds is 6. The van der Waals surface area contributed by atoms with E-state index >= 15 is 0 Å². The second-order valence-electron chi connectivity index (χ2n) is 5.42. The molecule has 5 nitrogen and oxygen atoms in total. The van der Waals surface area contributed by atoms with Crippen molar-refractivity contribution in [2.75, 3.05) is 26.9 Å². The van der Waals surface area contributed by atoms with E-state index in [1.165, 1.54) is 0 Å². The average Bonchev–Trinajstić information content (AvgIpc) is 2.66. The van der Waals surface area contributed by atoms with E-state index in [1.54, 1.807) is 7.11 Å². The third-order valence-corrected chi connectivity index (χ3v) is 3.78. The summed E-state index contributed by atoms with van der Waals surface area (Å²) in [5.74, 6) is 2.26.